The van der Waals surface area contributed by atoms with Crippen molar-refractivity contribution in [3.8, 4) is 11.9 Å². The molecule has 0 unspecified atom stereocenters. The fraction of sp³-hybridized carbons (Fsp3) is 0.400. The smallest absolute Gasteiger partial charge is 0.237 e. The van der Waals surface area contributed by atoms with Gasteiger partial charge in [0, 0.05) is 35.5 Å². The van der Waals surface area contributed by atoms with Crippen molar-refractivity contribution in [3.63, 3.8) is 0 Å². The SMILES string of the molecule is C.C=C1[C@@H]2CN(c3nc(C)c(Cl)c(OC)n3)C[C@]2(c2cc(C#N)cs2)N=C(N)N1C. The van der Waals surface area contributed by atoms with Crippen LogP contribution in [0.15, 0.2) is 28.7 Å². The van der Waals surface area contributed by atoms with Gasteiger partial charge in [0.25, 0.3) is 0 Å². The summed E-state index contributed by atoms with van der Waals surface area (Å²) in [7, 11) is 3.38. The molecule has 2 aromatic rings. The molecule has 4 heterocycles. The standard InChI is InChI=1S/C19H20ClN7OS.CH4/c1-10-15(20)16(28-4)24-18(23-10)27-7-13-11(2)26(3)17(22)25-19(13,9-27)14-5-12(6-21)8-29-14;/h5,8,13H,2,7,9H2,1,3-4H3,(H2,22,25);1H4/t13-,19-;/m0./s1. The summed E-state index contributed by atoms with van der Waals surface area (Å²) in [4.78, 5) is 18.8. The second-order valence-corrected chi connectivity index (χ2v) is 8.41. The number of hydrogen-bond acceptors (Lipinski definition) is 9. The van der Waals surface area contributed by atoms with Crippen LogP contribution >= 0.6 is 22.9 Å². The fourth-order valence-corrected chi connectivity index (χ4v) is 5.05. The Balaban J connectivity index is 0.00000256. The number of fused-ring (bicyclic) bond motifs is 1. The molecular weight excluding hydrogens is 422 g/mol. The first kappa shape index (κ1) is 21.9. The van der Waals surface area contributed by atoms with Gasteiger partial charge in [0.2, 0.25) is 11.8 Å². The zero-order valence-corrected chi connectivity index (χ0v) is 17.9. The number of hydrogen-bond donors (Lipinski definition) is 1. The minimum atomic E-state index is -0.655. The van der Waals surface area contributed by atoms with Gasteiger partial charge < -0.3 is 20.3 Å². The van der Waals surface area contributed by atoms with E-state index in [-0.39, 0.29) is 13.3 Å². The average molecular weight is 446 g/mol. The van der Waals surface area contributed by atoms with Gasteiger partial charge in [-0.05, 0) is 13.0 Å². The van der Waals surface area contributed by atoms with E-state index in [4.69, 9.17) is 27.1 Å². The highest BCUT2D eigenvalue weighted by molar-refractivity contribution is 7.10. The molecule has 30 heavy (non-hydrogen) atoms. The van der Waals surface area contributed by atoms with Gasteiger partial charge in [0.05, 0.1) is 24.9 Å². The lowest BCUT2D eigenvalue weighted by molar-refractivity contribution is 0.328. The number of anilines is 1. The van der Waals surface area contributed by atoms with Crippen LogP contribution < -0.4 is 15.4 Å². The zero-order chi connectivity index (χ0) is 20.9. The summed E-state index contributed by atoms with van der Waals surface area (Å²) in [6.45, 7) is 7.19. The Morgan fingerprint density at radius 2 is 2.20 bits per heavy atom. The lowest BCUT2D eigenvalue weighted by atomic mass is 9.82. The minimum Gasteiger partial charge on any atom is -0.480 e. The maximum absolute atomic E-state index is 9.29. The Morgan fingerprint density at radius 3 is 2.83 bits per heavy atom. The van der Waals surface area contributed by atoms with Crippen LogP contribution in [0.4, 0.5) is 5.95 Å². The summed E-state index contributed by atoms with van der Waals surface area (Å²) < 4.78 is 5.31. The maximum atomic E-state index is 9.29. The van der Waals surface area contributed by atoms with Crippen molar-refractivity contribution in [1.29, 1.82) is 5.26 Å². The van der Waals surface area contributed by atoms with Crippen molar-refractivity contribution >= 4 is 34.8 Å². The second kappa shape index (κ2) is 7.78. The van der Waals surface area contributed by atoms with Crippen LogP contribution in [-0.2, 0) is 5.54 Å². The first-order valence-corrected chi connectivity index (χ1v) is 10.2. The van der Waals surface area contributed by atoms with Crippen LogP contribution in [-0.4, -0.2) is 48.1 Å². The van der Waals surface area contributed by atoms with Crippen molar-refractivity contribution < 1.29 is 4.74 Å². The van der Waals surface area contributed by atoms with Crippen LogP contribution in [0.2, 0.25) is 5.02 Å². The van der Waals surface area contributed by atoms with Crippen LogP contribution in [0, 0.1) is 24.2 Å². The van der Waals surface area contributed by atoms with Gasteiger partial charge in [0.1, 0.15) is 16.6 Å². The molecule has 158 valence electrons. The monoisotopic (exact) mass is 445 g/mol. The van der Waals surface area contributed by atoms with Gasteiger partial charge in [-0.15, -0.1) is 11.3 Å². The van der Waals surface area contributed by atoms with Crippen molar-refractivity contribution in [2.75, 3.05) is 32.1 Å². The molecule has 2 aliphatic rings. The van der Waals surface area contributed by atoms with Gasteiger partial charge in [0.15, 0.2) is 5.96 Å². The first-order valence-electron chi connectivity index (χ1n) is 8.90. The normalized spacial score (nSPS) is 22.8. The molecule has 0 amide bonds. The lowest BCUT2D eigenvalue weighted by Crippen LogP contribution is -2.48. The van der Waals surface area contributed by atoms with Gasteiger partial charge in [-0.25, -0.2) is 9.98 Å². The minimum absolute atomic E-state index is 0. The molecule has 1 saturated heterocycles. The van der Waals surface area contributed by atoms with E-state index in [9.17, 15) is 5.26 Å². The summed E-state index contributed by atoms with van der Waals surface area (Å²) in [5.74, 6) is 1.19. The Morgan fingerprint density at radius 1 is 1.47 bits per heavy atom. The maximum Gasteiger partial charge on any atom is 0.237 e. The predicted octanol–water partition coefficient (Wildman–Crippen LogP) is 3.12. The lowest BCUT2D eigenvalue weighted by Gasteiger charge is -2.39. The van der Waals surface area contributed by atoms with Crippen molar-refractivity contribution in [2.24, 2.45) is 16.6 Å². The first-order chi connectivity index (χ1) is 13.8. The molecule has 2 aromatic heterocycles. The van der Waals surface area contributed by atoms with E-state index in [1.165, 1.54) is 18.4 Å². The highest BCUT2D eigenvalue weighted by Gasteiger charge is 2.54. The van der Waals surface area contributed by atoms with Crippen LogP contribution in [0.1, 0.15) is 23.6 Å². The van der Waals surface area contributed by atoms with E-state index in [1.807, 2.05) is 30.3 Å². The Labute approximate surface area is 185 Å². The highest BCUT2D eigenvalue weighted by Crippen LogP contribution is 2.49. The number of aliphatic imine (C=N–C) groups is 1. The number of aromatic nitrogens is 2. The van der Waals surface area contributed by atoms with Crippen molar-refractivity contribution in [3.05, 3.63) is 44.9 Å². The number of nitriles is 1. The fourth-order valence-electron chi connectivity index (χ4n) is 3.87. The molecule has 1 fully saturated rings. The summed E-state index contributed by atoms with van der Waals surface area (Å²) in [6, 6.07) is 4.07. The van der Waals surface area contributed by atoms with Gasteiger partial charge in [-0.2, -0.15) is 10.2 Å². The summed E-state index contributed by atoms with van der Waals surface area (Å²) in [5, 5.41) is 11.5. The molecular formula is C20H24ClN7OS. The van der Waals surface area contributed by atoms with Crippen LogP contribution in [0.25, 0.3) is 0 Å². The number of ether oxygens (including phenoxy) is 1. The van der Waals surface area contributed by atoms with Crippen LogP contribution in [0.3, 0.4) is 0 Å². The number of nitrogens with zero attached hydrogens (tertiary/aromatic N) is 6. The number of methoxy groups -OCH3 is 1. The summed E-state index contributed by atoms with van der Waals surface area (Å²) >= 11 is 7.75. The topological polar surface area (TPSA) is 104 Å². The number of thiophene rings is 1. The molecule has 2 N–H and O–H groups in total. The van der Waals surface area contributed by atoms with Crippen LogP contribution in [0.5, 0.6) is 5.88 Å². The van der Waals surface area contributed by atoms with Crippen molar-refractivity contribution in [2.45, 2.75) is 19.9 Å². The van der Waals surface area contributed by atoms with E-state index in [0.717, 1.165) is 10.6 Å². The summed E-state index contributed by atoms with van der Waals surface area (Å²) in [6.07, 6.45) is 0. The zero-order valence-electron chi connectivity index (χ0n) is 16.3. The Hall–Kier alpha value is -2.83. The number of guanidine groups is 1. The Bertz CT molecular complexity index is 1080. The molecule has 10 heteroatoms. The predicted molar refractivity (Wildman–Crippen MR) is 120 cm³/mol. The largest absolute Gasteiger partial charge is 0.480 e. The average Bonchev–Trinajstić information content (AvgIpc) is 3.34. The molecule has 0 saturated carbocycles. The van der Waals surface area contributed by atoms with Gasteiger partial charge in [-0.1, -0.05) is 25.6 Å². The molecule has 0 bridgehead atoms. The second-order valence-electron chi connectivity index (χ2n) is 7.12. The summed E-state index contributed by atoms with van der Waals surface area (Å²) in [5.41, 5.74) is 7.68. The van der Waals surface area contributed by atoms with Gasteiger partial charge in [-0.3, -0.25) is 0 Å². The number of aryl methyl sites for hydroxylation is 1. The third kappa shape index (κ3) is 3.16. The molecule has 8 nitrogen and oxygen atoms in total. The van der Waals surface area contributed by atoms with E-state index < -0.39 is 5.54 Å². The third-order valence-corrected chi connectivity index (χ3v) is 7.04. The van der Waals surface area contributed by atoms with E-state index in [0.29, 0.717) is 47.2 Å². The van der Waals surface area contributed by atoms with E-state index in [1.54, 1.807) is 4.90 Å². The van der Waals surface area contributed by atoms with E-state index >= 15 is 0 Å². The molecule has 0 aliphatic carbocycles. The molecule has 0 aromatic carbocycles. The Kier molecular flexibility index (Phi) is 5.67. The van der Waals surface area contributed by atoms with Gasteiger partial charge >= 0.3 is 0 Å². The highest BCUT2D eigenvalue weighted by atomic mass is 35.5. The number of rotatable bonds is 3. The molecule has 2 atom stereocenters. The molecule has 0 radical (unpaired) electrons. The number of nitrogens with two attached hydrogens (primary N) is 1. The van der Waals surface area contributed by atoms with Crippen molar-refractivity contribution in [1.82, 2.24) is 14.9 Å². The quantitative estimate of drug-likeness (QED) is 0.773. The molecule has 4 rings (SSSR count). The molecule has 2 aliphatic heterocycles. The molecule has 0 spiro atoms. The third-order valence-electron chi connectivity index (χ3n) is 5.51. The number of halogens is 1. The van der Waals surface area contributed by atoms with E-state index in [2.05, 4.69) is 22.6 Å².